The Hall–Kier alpha value is -2.12. The third-order valence-electron chi connectivity index (χ3n) is 5.58. The van der Waals surface area contributed by atoms with Gasteiger partial charge in [0.1, 0.15) is 5.75 Å². The van der Waals surface area contributed by atoms with E-state index in [1.54, 1.807) is 12.0 Å². The van der Waals surface area contributed by atoms with Crippen LogP contribution < -0.4 is 10.1 Å². The lowest BCUT2D eigenvalue weighted by atomic mass is 9.91. The first kappa shape index (κ1) is 20.6. The number of carbonyl (C=O) groups excluding carboxylic acids is 2. The zero-order valence-corrected chi connectivity index (χ0v) is 16.5. The highest BCUT2D eigenvalue weighted by Crippen LogP contribution is 2.27. The fraction of sp³-hybridized carbons (Fsp3) is 0.619. The van der Waals surface area contributed by atoms with Crippen molar-refractivity contribution in [2.45, 2.75) is 31.2 Å². The highest BCUT2D eigenvalue weighted by atomic mass is 16.5. The minimum Gasteiger partial charge on any atom is -0.484 e. The van der Waals surface area contributed by atoms with E-state index in [-0.39, 0.29) is 24.3 Å². The molecule has 2 aliphatic rings. The van der Waals surface area contributed by atoms with Crippen LogP contribution in [0.5, 0.6) is 5.75 Å². The van der Waals surface area contributed by atoms with Crippen molar-refractivity contribution in [2.75, 3.05) is 46.6 Å². The molecule has 1 unspecified atom stereocenters. The van der Waals surface area contributed by atoms with Gasteiger partial charge in [-0.2, -0.15) is 0 Å². The fourth-order valence-corrected chi connectivity index (χ4v) is 3.83. The molecule has 2 fully saturated rings. The number of rotatable bonds is 8. The highest BCUT2D eigenvalue weighted by molar-refractivity contribution is 5.81. The molecule has 28 heavy (non-hydrogen) atoms. The summed E-state index contributed by atoms with van der Waals surface area (Å²) in [6.45, 7) is 2.89. The van der Waals surface area contributed by atoms with E-state index >= 15 is 0 Å². The Morgan fingerprint density at radius 2 is 2.00 bits per heavy atom. The average molecular weight is 390 g/mol. The molecule has 2 aliphatic heterocycles. The lowest BCUT2D eigenvalue weighted by Gasteiger charge is -2.33. The van der Waals surface area contributed by atoms with Crippen molar-refractivity contribution >= 4 is 11.8 Å². The molecule has 0 spiro atoms. The molecule has 0 radical (unpaired) electrons. The number of hydrogen-bond acceptors (Lipinski definition) is 5. The van der Waals surface area contributed by atoms with Gasteiger partial charge < -0.3 is 24.4 Å². The van der Waals surface area contributed by atoms with E-state index in [0.29, 0.717) is 45.1 Å². The summed E-state index contributed by atoms with van der Waals surface area (Å²) in [5.41, 5.74) is -0.437. The molecule has 0 bridgehead atoms. The van der Waals surface area contributed by atoms with Crippen molar-refractivity contribution < 1.29 is 23.8 Å². The Kier molecular flexibility index (Phi) is 7.28. The topological polar surface area (TPSA) is 77.1 Å². The van der Waals surface area contributed by atoms with E-state index in [1.165, 1.54) is 0 Å². The minimum atomic E-state index is -0.437. The number of nitrogens with zero attached hydrogens (tertiary/aromatic N) is 1. The van der Waals surface area contributed by atoms with Gasteiger partial charge in [0.2, 0.25) is 5.91 Å². The van der Waals surface area contributed by atoms with E-state index in [1.807, 2.05) is 30.3 Å². The van der Waals surface area contributed by atoms with Gasteiger partial charge in [-0.3, -0.25) is 9.59 Å². The van der Waals surface area contributed by atoms with Gasteiger partial charge in [0.05, 0.1) is 5.54 Å². The van der Waals surface area contributed by atoms with Gasteiger partial charge in [0.15, 0.2) is 6.61 Å². The molecule has 2 saturated heterocycles. The summed E-state index contributed by atoms with van der Waals surface area (Å²) in [6.07, 6.45) is 2.91. The van der Waals surface area contributed by atoms with Gasteiger partial charge >= 0.3 is 0 Å². The van der Waals surface area contributed by atoms with Crippen LogP contribution in [0.25, 0.3) is 0 Å². The van der Waals surface area contributed by atoms with Crippen molar-refractivity contribution in [3.05, 3.63) is 30.3 Å². The smallest absolute Gasteiger partial charge is 0.260 e. The van der Waals surface area contributed by atoms with Gasteiger partial charge in [-0.1, -0.05) is 18.2 Å². The normalized spacial score (nSPS) is 22.8. The predicted octanol–water partition coefficient (Wildman–Crippen LogP) is 1.62. The number of ether oxygens (including phenoxy) is 3. The summed E-state index contributed by atoms with van der Waals surface area (Å²) in [5.74, 6) is 0.658. The monoisotopic (exact) mass is 390 g/mol. The molecular weight excluding hydrogens is 360 g/mol. The third kappa shape index (κ3) is 5.45. The second kappa shape index (κ2) is 9.89. The van der Waals surface area contributed by atoms with E-state index in [0.717, 1.165) is 19.3 Å². The number of amides is 2. The van der Waals surface area contributed by atoms with Crippen LogP contribution in [0.2, 0.25) is 0 Å². The summed E-state index contributed by atoms with van der Waals surface area (Å²) in [5, 5.41) is 3.25. The number of benzene rings is 1. The highest BCUT2D eigenvalue weighted by Gasteiger charge is 2.42. The Bertz CT molecular complexity index is 647. The number of likely N-dealkylation sites (tertiary alicyclic amines) is 1. The van der Waals surface area contributed by atoms with Crippen molar-refractivity contribution in [1.29, 1.82) is 0 Å². The van der Waals surface area contributed by atoms with Crippen LogP contribution in [-0.4, -0.2) is 68.9 Å². The molecule has 1 aromatic carbocycles. The SMILES string of the molecule is COCCC1(NC(=O)C2CCOCC2)CCN(C(=O)COc2ccccc2)C1. The second-order valence-corrected chi connectivity index (χ2v) is 7.57. The lowest BCUT2D eigenvalue weighted by molar-refractivity contribution is -0.134. The van der Waals surface area contributed by atoms with Crippen LogP contribution in [0.15, 0.2) is 30.3 Å². The Morgan fingerprint density at radius 3 is 2.71 bits per heavy atom. The maximum atomic E-state index is 12.8. The van der Waals surface area contributed by atoms with Crippen LogP contribution in [0.1, 0.15) is 25.7 Å². The zero-order chi connectivity index (χ0) is 19.8. The largest absolute Gasteiger partial charge is 0.484 e. The van der Waals surface area contributed by atoms with E-state index in [2.05, 4.69) is 5.32 Å². The average Bonchev–Trinajstić information content (AvgIpc) is 3.16. The summed E-state index contributed by atoms with van der Waals surface area (Å²) >= 11 is 0. The van der Waals surface area contributed by atoms with Gasteiger partial charge in [0, 0.05) is 45.9 Å². The Balaban J connectivity index is 1.57. The summed E-state index contributed by atoms with van der Waals surface area (Å²) in [4.78, 5) is 27.2. The quantitative estimate of drug-likeness (QED) is 0.730. The van der Waals surface area contributed by atoms with Crippen molar-refractivity contribution in [3.63, 3.8) is 0 Å². The van der Waals surface area contributed by atoms with Crippen LogP contribution in [0.3, 0.4) is 0 Å². The number of hydrogen-bond donors (Lipinski definition) is 1. The molecule has 1 aromatic rings. The third-order valence-corrected chi connectivity index (χ3v) is 5.58. The molecule has 154 valence electrons. The van der Waals surface area contributed by atoms with Gasteiger partial charge in [-0.25, -0.2) is 0 Å². The molecule has 7 heteroatoms. The van der Waals surface area contributed by atoms with E-state index in [4.69, 9.17) is 14.2 Å². The standard InChI is InChI=1S/C21H30N2O5/c1-26-14-10-21(22-20(25)17-7-12-27-13-8-17)9-11-23(16-21)19(24)15-28-18-5-3-2-4-6-18/h2-6,17H,7-16H2,1H3,(H,22,25). The number of para-hydroxylation sites is 1. The van der Waals surface area contributed by atoms with Crippen molar-refractivity contribution in [3.8, 4) is 5.75 Å². The van der Waals surface area contributed by atoms with Crippen LogP contribution in [-0.2, 0) is 19.1 Å². The van der Waals surface area contributed by atoms with Crippen LogP contribution in [0.4, 0.5) is 0 Å². The first-order valence-corrected chi connectivity index (χ1v) is 9.96. The first-order valence-electron chi connectivity index (χ1n) is 9.96. The number of methoxy groups -OCH3 is 1. The van der Waals surface area contributed by atoms with Gasteiger partial charge in [-0.05, 0) is 37.8 Å². The molecule has 0 aliphatic carbocycles. The summed E-state index contributed by atoms with van der Waals surface area (Å²) in [6, 6.07) is 9.30. The number of nitrogens with one attached hydrogen (secondary N) is 1. The summed E-state index contributed by atoms with van der Waals surface area (Å²) < 4.78 is 16.2. The maximum Gasteiger partial charge on any atom is 0.260 e. The molecule has 0 saturated carbocycles. The molecule has 2 heterocycles. The molecular formula is C21H30N2O5. The van der Waals surface area contributed by atoms with Gasteiger partial charge in [-0.15, -0.1) is 0 Å². The molecule has 7 nitrogen and oxygen atoms in total. The maximum absolute atomic E-state index is 12.8. The molecule has 2 amide bonds. The Morgan fingerprint density at radius 1 is 1.25 bits per heavy atom. The number of carbonyl (C=O) groups is 2. The van der Waals surface area contributed by atoms with Crippen LogP contribution >= 0.6 is 0 Å². The zero-order valence-electron chi connectivity index (χ0n) is 16.5. The molecule has 1 N–H and O–H groups in total. The second-order valence-electron chi connectivity index (χ2n) is 7.57. The van der Waals surface area contributed by atoms with Crippen LogP contribution in [0, 0.1) is 5.92 Å². The molecule has 1 atom stereocenters. The lowest BCUT2D eigenvalue weighted by Crippen LogP contribution is -2.54. The summed E-state index contributed by atoms with van der Waals surface area (Å²) in [7, 11) is 1.65. The molecule has 3 rings (SSSR count). The van der Waals surface area contributed by atoms with Gasteiger partial charge in [0.25, 0.3) is 5.91 Å². The Labute approximate surface area is 166 Å². The molecule has 0 aromatic heterocycles. The fourth-order valence-electron chi connectivity index (χ4n) is 3.83. The van der Waals surface area contributed by atoms with E-state index < -0.39 is 5.54 Å². The predicted molar refractivity (Wildman–Crippen MR) is 104 cm³/mol. The van der Waals surface area contributed by atoms with Crippen molar-refractivity contribution in [1.82, 2.24) is 10.2 Å². The van der Waals surface area contributed by atoms with E-state index in [9.17, 15) is 9.59 Å². The van der Waals surface area contributed by atoms with Crippen molar-refractivity contribution in [2.24, 2.45) is 5.92 Å². The first-order chi connectivity index (χ1) is 13.6. The minimum absolute atomic E-state index is 0.00170.